The zero-order valence-electron chi connectivity index (χ0n) is 19.4. The van der Waals surface area contributed by atoms with Gasteiger partial charge in [-0.25, -0.2) is 0 Å². The van der Waals surface area contributed by atoms with E-state index in [1.54, 1.807) is 30.2 Å². The maximum atomic E-state index is 13.7. The van der Waals surface area contributed by atoms with E-state index in [1.165, 1.54) is 0 Å². The molecule has 1 aliphatic rings. The molecule has 35 heavy (non-hydrogen) atoms. The molecule has 0 bridgehead atoms. The third-order valence-corrected chi connectivity index (χ3v) is 6.36. The van der Waals surface area contributed by atoms with Gasteiger partial charge in [0.05, 0.1) is 30.7 Å². The van der Waals surface area contributed by atoms with Crippen molar-refractivity contribution >= 4 is 34.2 Å². The summed E-state index contributed by atoms with van der Waals surface area (Å²) in [5, 5.41) is 0.747. The molecule has 0 spiro atoms. The molecule has 1 aliphatic heterocycles. The number of nitrogens with zero attached hydrogens (tertiary/aromatic N) is 1. The van der Waals surface area contributed by atoms with Gasteiger partial charge in [-0.3, -0.25) is 14.5 Å². The van der Waals surface area contributed by atoms with Gasteiger partial charge in [0, 0.05) is 10.7 Å². The number of carbonyl (C=O) groups excluding carboxylic acids is 1. The Labute approximate surface area is 207 Å². The molecule has 4 aromatic rings. The van der Waals surface area contributed by atoms with Crippen LogP contribution >= 0.6 is 11.6 Å². The number of amides is 1. The van der Waals surface area contributed by atoms with E-state index in [0.29, 0.717) is 45.3 Å². The van der Waals surface area contributed by atoms with E-state index in [4.69, 9.17) is 25.5 Å². The summed E-state index contributed by atoms with van der Waals surface area (Å²) in [6.07, 6.45) is 1.94. The normalized spacial score (nSPS) is 14.9. The highest BCUT2D eigenvalue weighted by Crippen LogP contribution is 2.43. The Morgan fingerprint density at radius 2 is 1.80 bits per heavy atom. The number of hydrogen-bond acceptors (Lipinski definition) is 5. The molecular weight excluding hydrogens is 466 g/mol. The number of methoxy groups -OCH3 is 1. The maximum Gasteiger partial charge on any atom is 0.295 e. The van der Waals surface area contributed by atoms with Crippen LogP contribution in [0.15, 0.2) is 75.9 Å². The van der Waals surface area contributed by atoms with Crippen molar-refractivity contribution < 1.29 is 18.7 Å². The van der Waals surface area contributed by atoms with E-state index >= 15 is 0 Å². The summed E-state index contributed by atoms with van der Waals surface area (Å²) in [5.74, 6) is 0.784. The molecule has 2 heterocycles. The minimum absolute atomic E-state index is 0.0286. The average molecular weight is 490 g/mol. The van der Waals surface area contributed by atoms with Crippen molar-refractivity contribution in [2.24, 2.45) is 0 Å². The second kappa shape index (κ2) is 9.47. The molecule has 0 saturated carbocycles. The van der Waals surface area contributed by atoms with Crippen LogP contribution in [0, 0.1) is 0 Å². The Bertz CT molecular complexity index is 1460. The SMILES string of the molecule is CCCCOc1ccc(C2c3c(oc4ccc(Cl)cc4c3=O)C(=O)N2c2ccccc2)cc1OC. The number of unbranched alkanes of at least 4 members (excludes halogenated alkanes) is 1. The van der Waals surface area contributed by atoms with Crippen molar-refractivity contribution in [2.75, 3.05) is 18.6 Å². The predicted molar refractivity (Wildman–Crippen MR) is 136 cm³/mol. The van der Waals surface area contributed by atoms with Crippen LogP contribution in [0.2, 0.25) is 5.02 Å². The van der Waals surface area contributed by atoms with E-state index in [1.807, 2.05) is 48.5 Å². The Morgan fingerprint density at radius 3 is 2.54 bits per heavy atom. The predicted octanol–water partition coefficient (Wildman–Crippen LogP) is 6.38. The highest BCUT2D eigenvalue weighted by atomic mass is 35.5. The molecule has 0 aliphatic carbocycles. The number of anilines is 1. The van der Waals surface area contributed by atoms with Crippen LogP contribution in [0.3, 0.4) is 0 Å². The number of benzene rings is 3. The van der Waals surface area contributed by atoms with Gasteiger partial charge in [0.15, 0.2) is 16.9 Å². The van der Waals surface area contributed by atoms with Crippen LogP contribution < -0.4 is 19.8 Å². The monoisotopic (exact) mass is 489 g/mol. The lowest BCUT2D eigenvalue weighted by molar-refractivity contribution is 0.0971. The maximum absolute atomic E-state index is 13.7. The molecule has 6 nitrogen and oxygen atoms in total. The van der Waals surface area contributed by atoms with Crippen LogP contribution in [-0.2, 0) is 0 Å². The zero-order valence-corrected chi connectivity index (χ0v) is 20.2. The summed E-state index contributed by atoms with van der Waals surface area (Å²) < 4.78 is 17.5. The molecule has 1 unspecified atom stereocenters. The minimum atomic E-state index is -0.710. The number of carbonyl (C=O) groups is 1. The van der Waals surface area contributed by atoms with Gasteiger partial charge in [0.1, 0.15) is 5.58 Å². The summed E-state index contributed by atoms with van der Waals surface area (Å²) >= 11 is 6.17. The van der Waals surface area contributed by atoms with E-state index in [2.05, 4.69) is 6.92 Å². The smallest absolute Gasteiger partial charge is 0.295 e. The van der Waals surface area contributed by atoms with Crippen molar-refractivity contribution in [3.63, 3.8) is 0 Å². The lowest BCUT2D eigenvalue weighted by Crippen LogP contribution is -2.29. The highest BCUT2D eigenvalue weighted by molar-refractivity contribution is 6.31. The Morgan fingerprint density at radius 1 is 1.00 bits per heavy atom. The first-order valence-corrected chi connectivity index (χ1v) is 11.9. The van der Waals surface area contributed by atoms with Crippen molar-refractivity contribution in [3.8, 4) is 11.5 Å². The van der Waals surface area contributed by atoms with Crippen molar-refractivity contribution in [3.05, 3.63) is 98.9 Å². The number of fused-ring (bicyclic) bond motifs is 2. The summed E-state index contributed by atoms with van der Waals surface area (Å²) in [6.45, 7) is 2.67. The van der Waals surface area contributed by atoms with Crippen LogP contribution in [0.5, 0.6) is 11.5 Å². The minimum Gasteiger partial charge on any atom is -0.493 e. The standard InChI is InChI=1S/C28H24ClNO5/c1-3-4-14-34-22-12-10-17(15-23(22)33-2)25-24-26(31)20-16-18(29)11-13-21(20)35-27(24)28(32)30(25)19-8-6-5-7-9-19/h5-13,15-16,25H,3-4,14H2,1-2H3. The Kier molecular flexibility index (Phi) is 6.22. The first kappa shape index (κ1) is 23.0. The van der Waals surface area contributed by atoms with Crippen molar-refractivity contribution in [1.82, 2.24) is 0 Å². The van der Waals surface area contributed by atoms with Crippen LogP contribution in [0.25, 0.3) is 11.0 Å². The fourth-order valence-electron chi connectivity index (χ4n) is 4.42. The molecule has 0 fully saturated rings. The number of halogens is 1. The fourth-order valence-corrected chi connectivity index (χ4v) is 4.59. The fraction of sp³-hybridized carbons (Fsp3) is 0.214. The Balaban J connectivity index is 1.71. The molecular formula is C28H24ClNO5. The van der Waals surface area contributed by atoms with Crippen molar-refractivity contribution in [1.29, 1.82) is 0 Å². The topological polar surface area (TPSA) is 69.0 Å². The van der Waals surface area contributed by atoms with Gasteiger partial charge >= 0.3 is 0 Å². The molecule has 0 N–H and O–H groups in total. The molecule has 3 aromatic carbocycles. The summed E-state index contributed by atoms with van der Waals surface area (Å²) in [6, 6.07) is 18.8. The average Bonchev–Trinajstić information content (AvgIpc) is 3.17. The van der Waals surface area contributed by atoms with Gasteiger partial charge in [-0.1, -0.05) is 49.2 Å². The first-order chi connectivity index (χ1) is 17.0. The van der Waals surface area contributed by atoms with E-state index in [9.17, 15) is 9.59 Å². The van der Waals surface area contributed by atoms with Crippen LogP contribution in [0.4, 0.5) is 5.69 Å². The molecule has 5 rings (SSSR count). The summed E-state index contributed by atoms with van der Waals surface area (Å²) in [7, 11) is 1.57. The van der Waals surface area contributed by atoms with Gasteiger partial charge in [-0.15, -0.1) is 0 Å². The molecule has 1 atom stereocenters. The van der Waals surface area contributed by atoms with E-state index < -0.39 is 6.04 Å². The second-order valence-electron chi connectivity index (χ2n) is 8.34. The summed E-state index contributed by atoms with van der Waals surface area (Å²) in [5.41, 5.74) is 1.66. The molecule has 0 radical (unpaired) electrons. The number of para-hydroxylation sites is 1. The highest BCUT2D eigenvalue weighted by Gasteiger charge is 2.43. The van der Waals surface area contributed by atoms with Gasteiger partial charge in [-0.2, -0.15) is 0 Å². The molecule has 7 heteroatoms. The molecule has 178 valence electrons. The zero-order chi connectivity index (χ0) is 24.5. The lowest BCUT2D eigenvalue weighted by Gasteiger charge is -2.26. The van der Waals surface area contributed by atoms with Crippen molar-refractivity contribution in [2.45, 2.75) is 25.8 Å². The first-order valence-electron chi connectivity index (χ1n) is 11.5. The van der Waals surface area contributed by atoms with Gasteiger partial charge < -0.3 is 13.9 Å². The third-order valence-electron chi connectivity index (χ3n) is 6.13. The van der Waals surface area contributed by atoms with Crippen LogP contribution in [-0.4, -0.2) is 19.6 Å². The largest absolute Gasteiger partial charge is 0.493 e. The lowest BCUT2D eigenvalue weighted by atomic mass is 9.97. The molecule has 1 amide bonds. The Hall–Kier alpha value is -3.77. The summed E-state index contributed by atoms with van der Waals surface area (Å²) in [4.78, 5) is 29.0. The van der Waals surface area contributed by atoms with E-state index in [0.717, 1.165) is 12.8 Å². The van der Waals surface area contributed by atoms with Crippen LogP contribution in [0.1, 0.15) is 47.5 Å². The van der Waals surface area contributed by atoms with Gasteiger partial charge in [0.2, 0.25) is 5.76 Å². The van der Waals surface area contributed by atoms with Gasteiger partial charge in [0.25, 0.3) is 5.91 Å². The van der Waals surface area contributed by atoms with Gasteiger partial charge in [-0.05, 0) is 54.4 Å². The quantitative estimate of drug-likeness (QED) is 0.281. The molecule has 0 saturated heterocycles. The second-order valence-corrected chi connectivity index (χ2v) is 8.78. The molecule has 1 aromatic heterocycles. The number of rotatable bonds is 7. The van der Waals surface area contributed by atoms with E-state index in [-0.39, 0.29) is 22.7 Å². The number of hydrogen-bond donors (Lipinski definition) is 0. The third kappa shape index (κ3) is 4.04. The number of ether oxygens (including phenoxy) is 2.